The number of hydrogen-bond acceptors (Lipinski definition) is 9. The number of anilines is 4. The van der Waals surface area contributed by atoms with Gasteiger partial charge in [0.05, 0.1) is 29.6 Å². The van der Waals surface area contributed by atoms with E-state index in [0.717, 1.165) is 23.2 Å². The Morgan fingerprint density at radius 2 is 1.68 bits per heavy atom. The maximum absolute atomic E-state index is 12.7. The average molecular weight is 498 g/mol. The smallest absolute Gasteiger partial charge is 0.166 e. The number of carbonyl (C=O) groups is 1. The molecule has 4 aromatic rings. The summed E-state index contributed by atoms with van der Waals surface area (Å²) in [5.41, 5.74) is 4.59. The van der Waals surface area contributed by atoms with Crippen LogP contribution in [-0.4, -0.2) is 51.8 Å². The number of ether oxygens (including phenoxy) is 1. The highest BCUT2D eigenvalue weighted by molar-refractivity contribution is 6.02. The van der Waals surface area contributed by atoms with Crippen LogP contribution in [-0.2, 0) is 6.54 Å². The number of ketones is 1. The number of pyridine rings is 2. The number of hydrogen-bond donors (Lipinski definition) is 2. The van der Waals surface area contributed by atoms with Crippen LogP contribution < -0.4 is 15.4 Å². The molecule has 3 aromatic heterocycles. The Balaban J connectivity index is 1.67. The highest BCUT2D eigenvalue weighted by Gasteiger charge is 2.17. The lowest BCUT2D eigenvalue weighted by atomic mass is 10.1. The van der Waals surface area contributed by atoms with Gasteiger partial charge in [0.15, 0.2) is 17.4 Å². The van der Waals surface area contributed by atoms with Crippen molar-refractivity contribution in [1.82, 2.24) is 24.8 Å². The highest BCUT2D eigenvalue weighted by Crippen LogP contribution is 2.37. The summed E-state index contributed by atoms with van der Waals surface area (Å²) >= 11 is 0. The summed E-state index contributed by atoms with van der Waals surface area (Å²) < 4.78 is 5.75. The minimum atomic E-state index is -0.0234. The van der Waals surface area contributed by atoms with Gasteiger partial charge in [-0.3, -0.25) is 4.79 Å². The maximum Gasteiger partial charge on any atom is 0.166 e. The largest absolute Gasteiger partial charge is 0.494 e. The number of nitrogens with zero attached hydrogens (tertiary/aromatic N) is 5. The Hall–Kier alpha value is -4.37. The van der Waals surface area contributed by atoms with E-state index >= 15 is 0 Å². The van der Waals surface area contributed by atoms with Crippen molar-refractivity contribution < 1.29 is 9.53 Å². The summed E-state index contributed by atoms with van der Waals surface area (Å²) in [5.74, 6) is 2.32. The first-order chi connectivity index (χ1) is 17.9. The molecular formula is C28H31N7O2. The monoisotopic (exact) mass is 497 g/mol. The van der Waals surface area contributed by atoms with Crippen LogP contribution in [0.5, 0.6) is 5.75 Å². The molecule has 0 amide bonds. The molecule has 0 bridgehead atoms. The zero-order chi connectivity index (χ0) is 26.4. The van der Waals surface area contributed by atoms with Crippen molar-refractivity contribution >= 4 is 28.8 Å². The zero-order valence-corrected chi connectivity index (χ0v) is 21.7. The molecule has 1 aromatic carbocycles. The van der Waals surface area contributed by atoms with Crippen molar-refractivity contribution in [3.05, 3.63) is 77.9 Å². The van der Waals surface area contributed by atoms with E-state index in [-0.39, 0.29) is 5.78 Å². The molecule has 37 heavy (non-hydrogen) atoms. The molecule has 0 aliphatic carbocycles. The lowest BCUT2D eigenvalue weighted by Gasteiger charge is -2.17. The molecule has 0 saturated carbocycles. The Morgan fingerprint density at radius 1 is 0.919 bits per heavy atom. The number of carbonyl (C=O) groups excluding carboxylic acids is 1. The molecule has 9 heteroatoms. The van der Waals surface area contributed by atoms with Gasteiger partial charge in [-0.05, 0) is 50.3 Å². The fraction of sp³-hybridized carbons (Fsp3) is 0.250. The quantitative estimate of drug-likeness (QED) is 0.279. The first kappa shape index (κ1) is 25.7. The second kappa shape index (κ2) is 11.6. The van der Waals surface area contributed by atoms with E-state index in [1.54, 1.807) is 31.8 Å². The summed E-state index contributed by atoms with van der Waals surface area (Å²) in [6.07, 6.45) is 7.30. The van der Waals surface area contributed by atoms with Gasteiger partial charge in [-0.2, -0.15) is 0 Å². The van der Waals surface area contributed by atoms with Gasteiger partial charge < -0.3 is 20.3 Å². The number of Topliss-reactive ketones (excluding diaryl/α,β-unsaturated/α-hetero) is 1. The Kier molecular flexibility index (Phi) is 8.05. The third-order valence-electron chi connectivity index (χ3n) is 5.62. The lowest BCUT2D eigenvalue weighted by molar-refractivity contribution is 0.0988. The Bertz CT molecular complexity index is 1370. The van der Waals surface area contributed by atoms with Gasteiger partial charge in [0.1, 0.15) is 11.6 Å². The predicted octanol–water partition coefficient (Wildman–Crippen LogP) is 5.39. The van der Waals surface area contributed by atoms with Gasteiger partial charge in [-0.1, -0.05) is 19.1 Å². The van der Waals surface area contributed by atoms with E-state index in [1.165, 1.54) is 0 Å². The first-order valence-corrected chi connectivity index (χ1v) is 12.0. The van der Waals surface area contributed by atoms with Crippen LogP contribution >= 0.6 is 0 Å². The maximum atomic E-state index is 12.7. The Labute approximate surface area is 217 Å². The van der Waals surface area contributed by atoms with Crippen molar-refractivity contribution in [3.8, 4) is 17.1 Å². The van der Waals surface area contributed by atoms with Crippen LogP contribution in [0, 0.1) is 6.92 Å². The van der Waals surface area contributed by atoms with E-state index < -0.39 is 0 Å². The predicted molar refractivity (Wildman–Crippen MR) is 146 cm³/mol. The van der Waals surface area contributed by atoms with Gasteiger partial charge in [-0.25, -0.2) is 19.9 Å². The second-order valence-corrected chi connectivity index (χ2v) is 8.90. The molecule has 4 rings (SSSR count). The molecule has 0 fully saturated rings. The highest BCUT2D eigenvalue weighted by atomic mass is 16.5. The molecule has 0 unspecified atom stereocenters. The molecule has 190 valence electrons. The van der Waals surface area contributed by atoms with Gasteiger partial charge >= 0.3 is 0 Å². The van der Waals surface area contributed by atoms with Crippen LogP contribution in [0.3, 0.4) is 0 Å². The lowest BCUT2D eigenvalue weighted by Crippen LogP contribution is -2.11. The molecule has 2 N–H and O–H groups in total. The van der Waals surface area contributed by atoms with Crippen molar-refractivity contribution in [2.24, 2.45) is 0 Å². The van der Waals surface area contributed by atoms with E-state index in [4.69, 9.17) is 4.74 Å². The summed E-state index contributed by atoms with van der Waals surface area (Å²) in [5, 5.41) is 6.61. The van der Waals surface area contributed by atoms with Crippen molar-refractivity contribution in [1.29, 1.82) is 0 Å². The van der Waals surface area contributed by atoms with Crippen molar-refractivity contribution in [2.75, 3.05) is 31.8 Å². The number of para-hydroxylation sites is 1. The van der Waals surface area contributed by atoms with E-state index in [1.807, 2.05) is 64.5 Å². The fourth-order valence-electron chi connectivity index (χ4n) is 3.84. The van der Waals surface area contributed by atoms with E-state index in [2.05, 4.69) is 35.5 Å². The second-order valence-electron chi connectivity index (χ2n) is 8.90. The molecule has 3 heterocycles. The number of aryl methyl sites for hydroxylation is 1. The molecule has 0 radical (unpaired) electrons. The minimum absolute atomic E-state index is 0.0234. The Morgan fingerprint density at radius 3 is 2.32 bits per heavy atom. The SMILES string of the molecule is CCC(=O)c1cnc(Nc2ccc(CN(C)C)cn2)cc1Nc1cccc(-c2ncc(C)cn2)c1OC. The fourth-order valence-corrected chi connectivity index (χ4v) is 3.84. The molecule has 0 aliphatic heterocycles. The number of aromatic nitrogens is 4. The number of methoxy groups -OCH3 is 1. The van der Waals surface area contributed by atoms with Crippen LogP contribution in [0.2, 0.25) is 0 Å². The summed E-state index contributed by atoms with van der Waals surface area (Å²) in [6, 6.07) is 11.4. The standard InChI is InChI=1S/C28H31N7O2/c1-6-24(36)21-16-30-26(34-25-11-10-19(15-29-25)17-35(3)4)12-23(21)33-22-9-7-8-20(27(22)37-5)28-31-13-18(2)14-32-28/h7-16H,6,17H2,1-5H3,(H2,29,30,33,34). The summed E-state index contributed by atoms with van der Waals surface area (Å²) in [4.78, 5) is 32.7. The normalized spacial score (nSPS) is 10.9. The summed E-state index contributed by atoms with van der Waals surface area (Å²) in [6.45, 7) is 4.57. The molecule has 0 spiro atoms. The van der Waals surface area contributed by atoms with Crippen molar-refractivity contribution in [2.45, 2.75) is 26.8 Å². The van der Waals surface area contributed by atoms with Gasteiger partial charge in [0.2, 0.25) is 0 Å². The van der Waals surface area contributed by atoms with Crippen LogP contribution in [0.1, 0.15) is 34.8 Å². The first-order valence-electron chi connectivity index (χ1n) is 12.0. The number of rotatable bonds is 10. The van der Waals surface area contributed by atoms with Crippen LogP contribution in [0.4, 0.5) is 23.0 Å². The van der Waals surface area contributed by atoms with E-state index in [0.29, 0.717) is 46.6 Å². The average Bonchev–Trinajstić information content (AvgIpc) is 2.89. The third-order valence-corrected chi connectivity index (χ3v) is 5.62. The molecular weight excluding hydrogens is 466 g/mol. The zero-order valence-electron chi connectivity index (χ0n) is 21.7. The molecule has 0 atom stereocenters. The number of nitrogens with one attached hydrogen (secondary N) is 2. The molecule has 0 aliphatic rings. The third kappa shape index (κ3) is 6.25. The van der Waals surface area contributed by atoms with Crippen LogP contribution in [0.15, 0.2) is 61.2 Å². The van der Waals surface area contributed by atoms with Crippen molar-refractivity contribution in [3.63, 3.8) is 0 Å². The summed E-state index contributed by atoms with van der Waals surface area (Å²) in [7, 11) is 5.63. The van der Waals surface area contributed by atoms with Gasteiger partial charge in [-0.15, -0.1) is 0 Å². The molecule has 0 saturated heterocycles. The van der Waals surface area contributed by atoms with Gasteiger partial charge in [0, 0.05) is 43.8 Å². The van der Waals surface area contributed by atoms with Crippen LogP contribution in [0.25, 0.3) is 11.4 Å². The molecule has 9 nitrogen and oxygen atoms in total. The minimum Gasteiger partial charge on any atom is -0.494 e. The van der Waals surface area contributed by atoms with Gasteiger partial charge in [0.25, 0.3) is 0 Å². The van der Waals surface area contributed by atoms with E-state index in [9.17, 15) is 4.79 Å². The number of benzene rings is 1. The topological polar surface area (TPSA) is 105 Å².